The molecule has 0 aliphatic rings. The van der Waals surface area contributed by atoms with Gasteiger partial charge in [0.15, 0.2) is 0 Å². The van der Waals surface area contributed by atoms with E-state index in [0.29, 0.717) is 17.0 Å². The quantitative estimate of drug-likeness (QED) is 0.666. The smallest absolute Gasteiger partial charge is 0.249 e. The van der Waals surface area contributed by atoms with Crippen molar-refractivity contribution in [2.45, 2.75) is 10.6 Å². The summed E-state index contributed by atoms with van der Waals surface area (Å²) in [6.45, 7) is 0. The normalized spacial score (nSPS) is 10.4. The lowest BCUT2D eigenvalue weighted by atomic mass is 10.1. The minimum absolute atomic E-state index is 0.370. The fraction of sp³-hybridized carbons (Fsp3) is 0.0714. The highest BCUT2D eigenvalue weighted by Gasteiger charge is 2.08. The molecular formula is C14H13FN2OS. The van der Waals surface area contributed by atoms with E-state index in [1.165, 1.54) is 23.9 Å². The summed E-state index contributed by atoms with van der Waals surface area (Å²) in [7, 11) is 0. The van der Waals surface area contributed by atoms with Gasteiger partial charge in [-0.15, -0.1) is 11.8 Å². The van der Waals surface area contributed by atoms with Crippen LogP contribution in [0.2, 0.25) is 0 Å². The Balaban J connectivity index is 2.16. The SMILES string of the molecule is NC(=O)c1ccccc1CSc1cc(N)cc(F)c1. The molecule has 5 heteroatoms. The Labute approximate surface area is 114 Å². The Morgan fingerprint density at radius 1 is 1.21 bits per heavy atom. The number of primary amides is 1. The molecule has 98 valence electrons. The molecule has 0 aliphatic heterocycles. The van der Waals surface area contributed by atoms with Gasteiger partial charge in [-0.1, -0.05) is 18.2 Å². The van der Waals surface area contributed by atoms with Crippen molar-refractivity contribution in [2.24, 2.45) is 5.73 Å². The summed E-state index contributed by atoms with van der Waals surface area (Å²) in [4.78, 5) is 12.0. The summed E-state index contributed by atoms with van der Waals surface area (Å²) in [6.07, 6.45) is 0. The molecular weight excluding hydrogens is 263 g/mol. The molecule has 0 heterocycles. The van der Waals surface area contributed by atoms with Gasteiger partial charge in [-0.05, 0) is 29.8 Å². The molecule has 0 saturated carbocycles. The van der Waals surface area contributed by atoms with Gasteiger partial charge < -0.3 is 11.5 Å². The Kier molecular flexibility index (Phi) is 4.06. The second-order valence-electron chi connectivity index (χ2n) is 4.03. The summed E-state index contributed by atoms with van der Waals surface area (Å²) in [5, 5.41) is 0. The summed E-state index contributed by atoms with van der Waals surface area (Å²) in [5.41, 5.74) is 12.6. The van der Waals surface area contributed by atoms with Gasteiger partial charge in [-0.2, -0.15) is 0 Å². The van der Waals surface area contributed by atoms with E-state index in [0.717, 1.165) is 10.5 Å². The highest BCUT2D eigenvalue weighted by molar-refractivity contribution is 7.98. The van der Waals surface area contributed by atoms with Crippen LogP contribution in [0.1, 0.15) is 15.9 Å². The fourth-order valence-electron chi connectivity index (χ4n) is 1.72. The van der Waals surface area contributed by atoms with Crippen LogP contribution in [-0.2, 0) is 5.75 Å². The first-order valence-corrected chi connectivity index (χ1v) is 6.61. The predicted molar refractivity (Wildman–Crippen MR) is 75.3 cm³/mol. The van der Waals surface area contributed by atoms with Crippen molar-refractivity contribution < 1.29 is 9.18 Å². The van der Waals surface area contributed by atoms with Gasteiger partial charge in [-0.25, -0.2) is 4.39 Å². The summed E-state index contributed by atoms with van der Waals surface area (Å²) < 4.78 is 13.2. The van der Waals surface area contributed by atoms with E-state index in [1.807, 2.05) is 12.1 Å². The number of thioether (sulfide) groups is 1. The molecule has 0 fully saturated rings. The van der Waals surface area contributed by atoms with Crippen LogP contribution in [0.4, 0.5) is 10.1 Å². The third-order valence-electron chi connectivity index (χ3n) is 2.57. The highest BCUT2D eigenvalue weighted by atomic mass is 32.2. The molecule has 2 aromatic rings. The maximum atomic E-state index is 13.2. The molecule has 0 atom stereocenters. The van der Waals surface area contributed by atoms with Crippen LogP contribution in [0.25, 0.3) is 0 Å². The number of halogens is 1. The first-order valence-electron chi connectivity index (χ1n) is 5.63. The molecule has 1 amide bonds. The number of nitrogens with two attached hydrogens (primary N) is 2. The summed E-state index contributed by atoms with van der Waals surface area (Å²) in [5.74, 6) is -0.303. The fourth-order valence-corrected chi connectivity index (χ4v) is 2.70. The van der Waals surface area contributed by atoms with Crippen molar-refractivity contribution in [1.29, 1.82) is 0 Å². The van der Waals surface area contributed by atoms with Crippen molar-refractivity contribution in [3.63, 3.8) is 0 Å². The first-order chi connectivity index (χ1) is 9.06. The number of anilines is 1. The Morgan fingerprint density at radius 2 is 1.95 bits per heavy atom. The molecule has 2 rings (SSSR count). The molecule has 0 bridgehead atoms. The van der Waals surface area contributed by atoms with Gasteiger partial charge in [-0.3, -0.25) is 4.79 Å². The second kappa shape index (κ2) is 5.75. The maximum absolute atomic E-state index is 13.2. The van der Waals surface area contributed by atoms with Crippen LogP contribution < -0.4 is 11.5 Å². The topological polar surface area (TPSA) is 69.1 Å². The van der Waals surface area contributed by atoms with Crippen LogP contribution in [0, 0.1) is 5.82 Å². The van der Waals surface area contributed by atoms with Crippen molar-refractivity contribution in [1.82, 2.24) is 0 Å². The largest absolute Gasteiger partial charge is 0.399 e. The van der Waals surface area contributed by atoms with E-state index in [9.17, 15) is 9.18 Å². The Morgan fingerprint density at radius 3 is 2.63 bits per heavy atom. The summed E-state index contributed by atoms with van der Waals surface area (Å²) in [6, 6.07) is 11.5. The van der Waals surface area contributed by atoms with E-state index in [2.05, 4.69) is 0 Å². The average molecular weight is 276 g/mol. The number of hydrogen-bond donors (Lipinski definition) is 2. The van der Waals surface area contributed by atoms with Crippen molar-refractivity contribution >= 4 is 23.4 Å². The molecule has 19 heavy (non-hydrogen) atoms. The second-order valence-corrected chi connectivity index (χ2v) is 5.08. The third-order valence-corrected chi connectivity index (χ3v) is 3.60. The van der Waals surface area contributed by atoms with Gasteiger partial charge in [0.2, 0.25) is 5.91 Å². The number of nitrogen functional groups attached to an aromatic ring is 1. The van der Waals surface area contributed by atoms with E-state index in [-0.39, 0.29) is 5.82 Å². The molecule has 4 N–H and O–H groups in total. The lowest BCUT2D eigenvalue weighted by molar-refractivity contribution is 0.0999. The first kappa shape index (κ1) is 13.4. The minimum Gasteiger partial charge on any atom is -0.399 e. The third kappa shape index (κ3) is 3.48. The van der Waals surface area contributed by atoms with Crippen LogP contribution in [0.15, 0.2) is 47.4 Å². The number of hydrogen-bond acceptors (Lipinski definition) is 3. The number of carbonyl (C=O) groups excluding carboxylic acids is 1. The number of carbonyl (C=O) groups is 1. The van der Waals surface area contributed by atoms with Gasteiger partial charge >= 0.3 is 0 Å². The average Bonchev–Trinajstić information content (AvgIpc) is 2.35. The lowest BCUT2D eigenvalue weighted by Gasteiger charge is -2.07. The summed E-state index contributed by atoms with van der Waals surface area (Å²) >= 11 is 1.41. The number of benzene rings is 2. The molecule has 0 spiro atoms. The van der Waals surface area contributed by atoms with Crippen LogP contribution in [0.5, 0.6) is 0 Å². The molecule has 0 saturated heterocycles. The standard InChI is InChI=1S/C14H13FN2OS/c15-10-5-11(16)7-12(6-10)19-8-9-3-1-2-4-13(9)14(17)18/h1-7H,8,16H2,(H2,17,18). The van der Waals surface area contributed by atoms with E-state index < -0.39 is 5.91 Å². The molecule has 0 unspecified atom stereocenters. The number of rotatable bonds is 4. The van der Waals surface area contributed by atoms with Crippen molar-refractivity contribution in [2.75, 3.05) is 5.73 Å². The molecule has 3 nitrogen and oxygen atoms in total. The van der Waals surface area contributed by atoms with Crippen molar-refractivity contribution in [3.05, 3.63) is 59.4 Å². The van der Waals surface area contributed by atoms with E-state index >= 15 is 0 Å². The zero-order valence-corrected chi connectivity index (χ0v) is 10.9. The minimum atomic E-state index is -0.463. The van der Waals surface area contributed by atoms with E-state index in [4.69, 9.17) is 11.5 Å². The van der Waals surface area contributed by atoms with Crippen molar-refractivity contribution in [3.8, 4) is 0 Å². The molecule has 0 radical (unpaired) electrons. The lowest BCUT2D eigenvalue weighted by Crippen LogP contribution is -2.13. The zero-order chi connectivity index (χ0) is 13.8. The maximum Gasteiger partial charge on any atom is 0.249 e. The molecule has 2 aromatic carbocycles. The van der Waals surface area contributed by atoms with E-state index in [1.54, 1.807) is 18.2 Å². The molecule has 0 aromatic heterocycles. The monoisotopic (exact) mass is 276 g/mol. The predicted octanol–water partition coefficient (Wildman–Crippen LogP) is 2.80. The van der Waals surface area contributed by atoms with Crippen LogP contribution >= 0.6 is 11.8 Å². The van der Waals surface area contributed by atoms with Crippen LogP contribution in [-0.4, -0.2) is 5.91 Å². The van der Waals surface area contributed by atoms with Gasteiger partial charge in [0.25, 0.3) is 0 Å². The zero-order valence-electron chi connectivity index (χ0n) is 10.1. The van der Waals surface area contributed by atoms with Gasteiger partial charge in [0, 0.05) is 21.9 Å². The Hall–Kier alpha value is -2.01. The molecule has 0 aliphatic carbocycles. The Bertz CT molecular complexity index is 596. The number of amides is 1. The van der Waals surface area contributed by atoms with Gasteiger partial charge in [0.1, 0.15) is 5.82 Å². The van der Waals surface area contributed by atoms with Gasteiger partial charge in [0.05, 0.1) is 0 Å². The van der Waals surface area contributed by atoms with Crippen LogP contribution in [0.3, 0.4) is 0 Å². The highest BCUT2D eigenvalue weighted by Crippen LogP contribution is 2.26.